The fraction of sp³-hybridized carbons (Fsp3) is 0.438. The highest BCUT2D eigenvalue weighted by atomic mass is 16.2. The van der Waals surface area contributed by atoms with E-state index < -0.39 is 0 Å². The van der Waals surface area contributed by atoms with Crippen molar-refractivity contribution in [2.24, 2.45) is 0 Å². The minimum Gasteiger partial charge on any atom is -0.339 e. The van der Waals surface area contributed by atoms with Crippen LogP contribution in [0.4, 0.5) is 0 Å². The maximum atomic E-state index is 12.8. The Kier molecular flexibility index (Phi) is 3.60. The second kappa shape index (κ2) is 5.44. The Labute approximate surface area is 129 Å². The van der Waals surface area contributed by atoms with E-state index in [-0.39, 0.29) is 11.8 Å². The molecule has 22 heavy (non-hydrogen) atoms. The second-order valence-corrected chi connectivity index (χ2v) is 5.73. The number of aryl methyl sites for hydroxylation is 2. The van der Waals surface area contributed by atoms with Gasteiger partial charge in [0.2, 0.25) is 5.91 Å². The molecule has 6 nitrogen and oxygen atoms in total. The van der Waals surface area contributed by atoms with Gasteiger partial charge >= 0.3 is 0 Å². The van der Waals surface area contributed by atoms with Crippen molar-refractivity contribution in [3.63, 3.8) is 0 Å². The molecule has 1 fully saturated rings. The third-order valence-electron chi connectivity index (χ3n) is 4.23. The maximum Gasteiger partial charge on any atom is 0.272 e. The molecule has 1 aliphatic heterocycles. The highest BCUT2D eigenvalue weighted by Gasteiger charge is 2.27. The summed E-state index contributed by atoms with van der Waals surface area (Å²) in [6.45, 7) is 7.74. The average Bonchev–Trinajstić information content (AvgIpc) is 2.84. The van der Waals surface area contributed by atoms with Gasteiger partial charge in [0.1, 0.15) is 11.3 Å². The van der Waals surface area contributed by atoms with Crippen LogP contribution < -0.4 is 0 Å². The van der Waals surface area contributed by atoms with Crippen LogP contribution >= 0.6 is 0 Å². The first-order chi connectivity index (χ1) is 10.5. The predicted molar refractivity (Wildman–Crippen MR) is 82.8 cm³/mol. The molecule has 116 valence electrons. The molecule has 3 heterocycles. The Balaban J connectivity index is 1.89. The minimum atomic E-state index is -0.0150. The zero-order valence-corrected chi connectivity index (χ0v) is 13.2. The third-order valence-corrected chi connectivity index (χ3v) is 4.23. The smallest absolute Gasteiger partial charge is 0.272 e. The van der Waals surface area contributed by atoms with Gasteiger partial charge in [-0.25, -0.2) is 4.98 Å². The number of rotatable bonds is 1. The molecule has 0 saturated carbocycles. The summed E-state index contributed by atoms with van der Waals surface area (Å²) < 4.78 is 1.87. The first-order valence-electron chi connectivity index (χ1n) is 7.48. The van der Waals surface area contributed by atoms with Gasteiger partial charge in [-0.3, -0.25) is 14.0 Å². The lowest BCUT2D eigenvalue weighted by Crippen LogP contribution is -2.50. The number of fused-ring (bicyclic) bond motifs is 1. The molecule has 2 aromatic heterocycles. The quantitative estimate of drug-likeness (QED) is 0.796. The molecule has 0 aromatic carbocycles. The fourth-order valence-electron chi connectivity index (χ4n) is 2.95. The molecule has 0 aliphatic carbocycles. The van der Waals surface area contributed by atoms with Crippen molar-refractivity contribution in [1.29, 1.82) is 0 Å². The Bertz CT molecular complexity index is 742. The minimum absolute atomic E-state index is 0.0150. The normalized spacial score (nSPS) is 15.4. The molecular weight excluding hydrogens is 280 g/mol. The van der Waals surface area contributed by atoms with E-state index >= 15 is 0 Å². The van der Waals surface area contributed by atoms with Gasteiger partial charge in [-0.05, 0) is 25.5 Å². The van der Waals surface area contributed by atoms with Crippen LogP contribution in [0.3, 0.4) is 0 Å². The zero-order chi connectivity index (χ0) is 15.9. The van der Waals surface area contributed by atoms with Gasteiger partial charge in [0.15, 0.2) is 0 Å². The number of carbonyl (C=O) groups is 2. The largest absolute Gasteiger partial charge is 0.339 e. The van der Waals surface area contributed by atoms with Crippen LogP contribution in [0.25, 0.3) is 5.65 Å². The summed E-state index contributed by atoms with van der Waals surface area (Å²) in [7, 11) is 0. The van der Waals surface area contributed by atoms with Gasteiger partial charge in [0.25, 0.3) is 5.91 Å². The lowest BCUT2D eigenvalue weighted by Gasteiger charge is -2.34. The summed E-state index contributed by atoms with van der Waals surface area (Å²) >= 11 is 0. The summed E-state index contributed by atoms with van der Waals surface area (Å²) in [4.78, 5) is 32.3. The summed E-state index contributed by atoms with van der Waals surface area (Å²) in [5.41, 5.74) is 3.24. The van der Waals surface area contributed by atoms with Crippen LogP contribution in [0, 0.1) is 13.8 Å². The molecule has 0 N–H and O–H groups in total. The molecule has 0 atom stereocenters. The van der Waals surface area contributed by atoms with E-state index in [1.54, 1.807) is 16.7 Å². The molecule has 0 spiro atoms. The molecule has 1 saturated heterocycles. The van der Waals surface area contributed by atoms with Gasteiger partial charge < -0.3 is 9.80 Å². The SMILES string of the molecule is CC(=O)N1CCN(C(=O)c2c(C)nc3c(C)cccn23)CC1. The predicted octanol–water partition coefficient (Wildman–Crippen LogP) is 1.26. The highest BCUT2D eigenvalue weighted by Crippen LogP contribution is 2.18. The molecule has 2 amide bonds. The molecule has 0 radical (unpaired) electrons. The van der Waals surface area contributed by atoms with E-state index in [0.29, 0.717) is 31.9 Å². The maximum absolute atomic E-state index is 12.8. The fourth-order valence-corrected chi connectivity index (χ4v) is 2.95. The lowest BCUT2D eigenvalue weighted by molar-refractivity contribution is -0.130. The number of imidazole rings is 1. The number of hydrogen-bond acceptors (Lipinski definition) is 3. The summed E-state index contributed by atoms with van der Waals surface area (Å²) in [5, 5.41) is 0. The third kappa shape index (κ3) is 2.34. The Morgan fingerprint density at radius 2 is 1.73 bits per heavy atom. The number of nitrogens with zero attached hydrogens (tertiary/aromatic N) is 4. The van der Waals surface area contributed by atoms with E-state index in [1.807, 2.05) is 36.6 Å². The molecule has 2 aromatic rings. The second-order valence-electron chi connectivity index (χ2n) is 5.73. The van der Waals surface area contributed by atoms with E-state index in [0.717, 1.165) is 16.9 Å². The van der Waals surface area contributed by atoms with Crippen molar-refractivity contribution in [2.75, 3.05) is 26.2 Å². The van der Waals surface area contributed by atoms with Crippen LogP contribution in [-0.2, 0) is 4.79 Å². The first-order valence-corrected chi connectivity index (χ1v) is 7.48. The average molecular weight is 300 g/mol. The number of carbonyl (C=O) groups excluding carboxylic acids is 2. The van der Waals surface area contributed by atoms with E-state index in [2.05, 4.69) is 4.98 Å². The van der Waals surface area contributed by atoms with Gasteiger partial charge in [-0.1, -0.05) is 6.07 Å². The standard InChI is InChI=1S/C16H20N4O2/c1-11-5-4-6-20-14(12(2)17-15(11)20)16(22)19-9-7-18(8-10-19)13(3)21/h4-6H,7-10H2,1-3H3. The van der Waals surface area contributed by atoms with E-state index in [4.69, 9.17) is 0 Å². The summed E-state index contributed by atoms with van der Waals surface area (Å²) in [6, 6.07) is 3.91. The molecule has 6 heteroatoms. The number of amides is 2. The van der Waals surface area contributed by atoms with Gasteiger partial charge in [-0.15, -0.1) is 0 Å². The van der Waals surface area contributed by atoms with Crippen molar-refractivity contribution < 1.29 is 9.59 Å². The molecule has 1 aliphatic rings. The van der Waals surface area contributed by atoms with Crippen LogP contribution in [0.2, 0.25) is 0 Å². The Hall–Kier alpha value is -2.37. The Morgan fingerprint density at radius 1 is 1.09 bits per heavy atom. The zero-order valence-electron chi connectivity index (χ0n) is 13.2. The summed E-state index contributed by atoms with van der Waals surface area (Å²) in [5.74, 6) is 0.0486. The highest BCUT2D eigenvalue weighted by molar-refractivity contribution is 5.95. The Morgan fingerprint density at radius 3 is 2.36 bits per heavy atom. The number of hydrogen-bond donors (Lipinski definition) is 0. The number of piperazine rings is 1. The first kappa shape index (κ1) is 14.6. The lowest BCUT2D eigenvalue weighted by atomic mass is 10.2. The topological polar surface area (TPSA) is 57.9 Å². The van der Waals surface area contributed by atoms with Crippen LogP contribution in [-0.4, -0.2) is 57.2 Å². The monoisotopic (exact) mass is 300 g/mol. The van der Waals surface area contributed by atoms with Crippen molar-refractivity contribution >= 4 is 17.5 Å². The van der Waals surface area contributed by atoms with Gasteiger partial charge in [0, 0.05) is 39.3 Å². The van der Waals surface area contributed by atoms with Crippen molar-refractivity contribution in [2.45, 2.75) is 20.8 Å². The van der Waals surface area contributed by atoms with Crippen molar-refractivity contribution in [1.82, 2.24) is 19.2 Å². The van der Waals surface area contributed by atoms with Gasteiger partial charge in [0.05, 0.1) is 5.69 Å². The molecular formula is C16H20N4O2. The van der Waals surface area contributed by atoms with E-state index in [9.17, 15) is 9.59 Å². The van der Waals surface area contributed by atoms with Crippen molar-refractivity contribution in [3.05, 3.63) is 35.3 Å². The van der Waals surface area contributed by atoms with Crippen LogP contribution in [0.1, 0.15) is 28.7 Å². The van der Waals surface area contributed by atoms with Crippen molar-refractivity contribution in [3.8, 4) is 0 Å². The number of pyridine rings is 1. The molecule has 0 unspecified atom stereocenters. The van der Waals surface area contributed by atoms with Crippen LogP contribution in [0.5, 0.6) is 0 Å². The molecule has 0 bridgehead atoms. The molecule has 3 rings (SSSR count). The summed E-state index contributed by atoms with van der Waals surface area (Å²) in [6.07, 6.45) is 1.88. The van der Waals surface area contributed by atoms with E-state index in [1.165, 1.54) is 0 Å². The van der Waals surface area contributed by atoms with Crippen LogP contribution in [0.15, 0.2) is 18.3 Å². The number of aromatic nitrogens is 2. The van der Waals surface area contributed by atoms with Gasteiger partial charge in [-0.2, -0.15) is 0 Å².